The topological polar surface area (TPSA) is 86.5 Å². The Morgan fingerprint density at radius 2 is 1.58 bits per heavy atom. The van der Waals surface area contributed by atoms with Crippen molar-refractivity contribution in [2.24, 2.45) is 14.1 Å². The van der Waals surface area contributed by atoms with Crippen molar-refractivity contribution in [3.05, 3.63) is 80.6 Å². The predicted molar refractivity (Wildman–Crippen MR) is 119 cm³/mol. The summed E-state index contributed by atoms with van der Waals surface area (Å²) in [6.07, 6.45) is 0. The molecule has 0 saturated carbocycles. The monoisotopic (exact) mass is 415 g/mol. The number of aromatic nitrogens is 5. The van der Waals surface area contributed by atoms with Gasteiger partial charge in [0.2, 0.25) is 5.78 Å². The van der Waals surface area contributed by atoms with Crippen molar-refractivity contribution in [1.82, 2.24) is 23.1 Å². The first kappa shape index (κ1) is 18.9. The van der Waals surface area contributed by atoms with E-state index in [4.69, 9.17) is 0 Å². The number of phenolic OH excluding ortho intramolecular Hbond substituents is 1. The van der Waals surface area contributed by atoms with Gasteiger partial charge in [-0.2, -0.15) is 4.98 Å². The molecule has 3 heterocycles. The second-order valence-corrected chi connectivity index (χ2v) is 7.75. The smallest absolute Gasteiger partial charge is 0.332 e. The summed E-state index contributed by atoms with van der Waals surface area (Å²) in [7, 11) is 3.05. The molecule has 0 aliphatic carbocycles. The summed E-state index contributed by atoms with van der Waals surface area (Å²) in [6, 6.07) is 15.0. The Bertz CT molecular complexity index is 1610. The number of fused-ring (bicyclic) bond motifs is 3. The Hall–Kier alpha value is -4.07. The predicted octanol–water partition coefficient (Wildman–Crippen LogP) is 2.67. The number of imidazole rings is 2. The summed E-state index contributed by atoms with van der Waals surface area (Å²) in [6.45, 7) is 3.92. The molecule has 0 spiro atoms. The van der Waals surface area contributed by atoms with Gasteiger partial charge in [0.05, 0.1) is 11.4 Å². The van der Waals surface area contributed by atoms with Crippen molar-refractivity contribution in [2.75, 3.05) is 0 Å². The molecule has 0 radical (unpaired) electrons. The lowest BCUT2D eigenvalue weighted by Gasteiger charge is -2.12. The van der Waals surface area contributed by atoms with Gasteiger partial charge in [-0.3, -0.25) is 22.9 Å². The molecule has 0 bridgehead atoms. The molecule has 5 aromatic rings. The van der Waals surface area contributed by atoms with Crippen LogP contribution in [0.5, 0.6) is 5.75 Å². The Kier molecular flexibility index (Phi) is 3.95. The Labute approximate surface area is 176 Å². The molecule has 156 valence electrons. The fourth-order valence-electron chi connectivity index (χ4n) is 4.15. The van der Waals surface area contributed by atoms with Crippen LogP contribution in [0.1, 0.15) is 11.3 Å². The van der Waals surface area contributed by atoms with Crippen LogP contribution in [-0.2, 0) is 14.1 Å². The number of rotatable bonds is 2. The van der Waals surface area contributed by atoms with Crippen LogP contribution in [0.4, 0.5) is 0 Å². The number of aryl methyl sites for hydroxylation is 3. The summed E-state index contributed by atoms with van der Waals surface area (Å²) < 4.78 is 6.04. The van der Waals surface area contributed by atoms with Gasteiger partial charge in [0.15, 0.2) is 11.2 Å². The van der Waals surface area contributed by atoms with Gasteiger partial charge in [0, 0.05) is 25.4 Å². The fraction of sp³-hybridized carbons (Fsp3) is 0.174. The Morgan fingerprint density at radius 3 is 2.26 bits per heavy atom. The molecule has 0 amide bonds. The first-order valence-corrected chi connectivity index (χ1v) is 9.86. The van der Waals surface area contributed by atoms with Gasteiger partial charge in [-0.05, 0) is 26.0 Å². The van der Waals surface area contributed by atoms with Crippen LogP contribution in [0.25, 0.3) is 33.9 Å². The molecule has 0 atom stereocenters. The largest absolute Gasteiger partial charge is 0.506 e. The van der Waals surface area contributed by atoms with E-state index in [1.165, 1.54) is 11.6 Å². The summed E-state index contributed by atoms with van der Waals surface area (Å²) in [4.78, 5) is 30.2. The van der Waals surface area contributed by atoms with E-state index in [0.29, 0.717) is 22.6 Å². The minimum Gasteiger partial charge on any atom is -0.506 e. The first-order valence-electron chi connectivity index (χ1n) is 9.86. The molecule has 0 aliphatic rings. The second kappa shape index (κ2) is 6.46. The lowest BCUT2D eigenvalue weighted by Crippen LogP contribution is -2.37. The number of phenols is 1. The minimum absolute atomic E-state index is 0.0854. The lowest BCUT2D eigenvalue weighted by atomic mass is 10.1. The first-order chi connectivity index (χ1) is 14.8. The second-order valence-electron chi connectivity index (χ2n) is 7.75. The SMILES string of the molecule is Cc1ccc(-c2c(C)n3c4c(=O)n(C)c(=O)n(C)c4nc3n2-c2ccccc2O)cc1. The highest BCUT2D eigenvalue weighted by atomic mass is 16.3. The van der Waals surface area contributed by atoms with Crippen LogP contribution in [0.2, 0.25) is 0 Å². The summed E-state index contributed by atoms with van der Waals surface area (Å²) in [5.41, 5.74) is 3.93. The highest BCUT2D eigenvalue weighted by Crippen LogP contribution is 2.35. The van der Waals surface area contributed by atoms with Gasteiger partial charge < -0.3 is 5.11 Å². The molecule has 5 rings (SSSR count). The number of para-hydroxylation sites is 2. The lowest BCUT2D eigenvalue weighted by molar-refractivity contribution is 0.472. The number of aromatic hydroxyl groups is 1. The maximum atomic E-state index is 13.1. The quantitative estimate of drug-likeness (QED) is 0.480. The van der Waals surface area contributed by atoms with Crippen LogP contribution < -0.4 is 11.2 Å². The molecule has 8 heteroatoms. The highest BCUT2D eigenvalue weighted by molar-refractivity contribution is 5.81. The highest BCUT2D eigenvalue weighted by Gasteiger charge is 2.25. The van der Waals surface area contributed by atoms with Crippen molar-refractivity contribution in [3.8, 4) is 22.7 Å². The normalized spacial score (nSPS) is 11.6. The van der Waals surface area contributed by atoms with Crippen molar-refractivity contribution < 1.29 is 5.11 Å². The van der Waals surface area contributed by atoms with Crippen molar-refractivity contribution in [2.45, 2.75) is 13.8 Å². The van der Waals surface area contributed by atoms with Crippen molar-refractivity contribution >= 4 is 16.9 Å². The van der Waals surface area contributed by atoms with E-state index in [-0.39, 0.29) is 5.75 Å². The fourth-order valence-corrected chi connectivity index (χ4v) is 4.15. The molecular weight excluding hydrogens is 394 g/mol. The van der Waals surface area contributed by atoms with Crippen LogP contribution in [0.3, 0.4) is 0 Å². The van der Waals surface area contributed by atoms with E-state index in [1.807, 2.05) is 48.7 Å². The van der Waals surface area contributed by atoms with Crippen LogP contribution in [0, 0.1) is 13.8 Å². The zero-order chi connectivity index (χ0) is 22.0. The molecule has 1 N–H and O–H groups in total. The molecule has 31 heavy (non-hydrogen) atoms. The number of benzene rings is 2. The molecule has 0 unspecified atom stereocenters. The third-order valence-electron chi connectivity index (χ3n) is 5.79. The van der Waals surface area contributed by atoms with Gasteiger partial charge in [0.1, 0.15) is 5.75 Å². The molecule has 8 nitrogen and oxygen atoms in total. The van der Waals surface area contributed by atoms with Crippen molar-refractivity contribution in [1.29, 1.82) is 0 Å². The molecule has 2 aromatic carbocycles. The van der Waals surface area contributed by atoms with Crippen LogP contribution in [0.15, 0.2) is 58.1 Å². The zero-order valence-corrected chi connectivity index (χ0v) is 17.6. The molecule has 0 saturated heterocycles. The average Bonchev–Trinajstić information content (AvgIpc) is 3.28. The van der Waals surface area contributed by atoms with E-state index >= 15 is 0 Å². The summed E-state index contributed by atoms with van der Waals surface area (Å²) in [5.74, 6) is 0.532. The van der Waals surface area contributed by atoms with Crippen LogP contribution >= 0.6 is 0 Å². The number of nitrogens with zero attached hydrogens (tertiary/aromatic N) is 5. The standard InChI is InChI=1S/C23H21N5O3/c1-13-9-11-15(12-10-13)18-14(2)27-19-20(25(3)23(31)26(4)21(19)30)24-22(27)28(18)16-7-5-6-8-17(16)29/h5-12,29H,1-4H3. The van der Waals surface area contributed by atoms with Crippen molar-refractivity contribution in [3.63, 3.8) is 0 Å². The van der Waals surface area contributed by atoms with Gasteiger partial charge in [-0.25, -0.2) is 4.79 Å². The summed E-state index contributed by atoms with van der Waals surface area (Å²) in [5, 5.41) is 10.6. The van der Waals surface area contributed by atoms with Crippen LogP contribution in [-0.4, -0.2) is 28.2 Å². The summed E-state index contributed by atoms with van der Waals surface area (Å²) >= 11 is 0. The van der Waals surface area contributed by atoms with Gasteiger partial charge in [-0.1, -0.05) is 42.0 Å². The molecular formula is C23H21N5O3. The van der Waals surface area contributed by atoms with E-state index in [0.717, 1.165) is 27.1 Å². The number of hydrogen-bond acceptors (Lipinski definition) is 4. The minimum atomic E-state index is -0.441. The Balaban J connectivity index is 2.05. The molecule has 0 aliphatic heterocycles. The van der Waals surface area contributed by atoms with E-state index in [1.54, 1.807) is 29.6 Å². The third-order valence-corrected chi connectivity index (χ3v) is 5.79. The van der Waals surface area contributed by atoms with E-state index in [2.05, 4.69) is 4.98 Å². The maximum Gasteiger partial charge on any atom is 0.332 e. The third kappa shape index (κ3) is 2.51. The van der Waals surface area contributed by atoms with Gasteiger partial charge in [0.25, 0.3) is 5.56 Å². The molecule has 0 fully saturated rings. The number of hydrogen-bond donors (Lipinski definition) is 1. The molecule has 3 aromatic heterocycles. The van der Waals surface area contributed by atoms with E-state index in [9.17, 15) is 14.7 Å². The van der Waals surface area contributed by atoms with Gasteiger partial charge >= 0.3 is 5.69 Å². The van der Waals surface area contributed by atoms with Gasteiger partial charge in [-0.15, -0.1) is 0 Å². The maximum absolute atomic E-state index is 13.1. The van der Waals surface area contributed by atoms with E-state index < -0.39 is 11.2 Å². The zero-order valence-electron chi connectivity index (χ0n) is 17.6. The Morgan fingerprint density at radius 1 is 0.903 bits per heavy atom. The average molecular weight is 415 g/mol.